The van der Waals surface area contributed by atoms with Gasteiger partial charge in [0, 0.05) is 42.7 Å². The number of aliphatic carboxylic acids is 1. The summed E-state index contributed by atoms with van der Waals surface area (Å²) < 4.78 is 10.8. The Morgan fingerprint density at radius 1 is 0.691 bits per heavy atom. The number of thiophene rings is 1. The second-order valence-electron chi connectivity index (χ2n) is 13.3. The van der Waals surface area contributed by atoms with Gasteiger partial charge in [0.2, 0.25) is 23.6 Å². The van der Waals surface area contributed by atoms with E-state index in [1.165, 1.54) is 25.6 Å². The van der Waals surface area contributed by atoms with E-state index in [1.807, 2.05) is 23.6 Å². The van der Waals surface area contributed by atoms with Gasteiger partial charge in [-0.25, -0.2) is 0 Å². The molecule has 0 spiro atoms. The number of fused-ring (bicyclic) bond motifs is 18. The van der Waals surface area contributed by atoms with Crippen LogP contribution in [0.3, 0.4) is 0 Å². The Balaban J connectivity index is 1.52. The van der Waals surface area contributed by atoms with E-state index in [1.54, 1.807) is 66.7 Å². The summed E-state index contributed by atoms with van der Waals surface area (Å²) in [6, 6.07) is 20.8. The molecule has 4 atom stereocenters. The van der Waals surface area contributed by atoms with Crippen molar-refractivity contribution in [3.8, 4) is 11.5 Å². The van der Waals surface area contributed by atoms with E-state index in [0.717, 1.165) is 10.4 Å². The monoisotopic (exact) mass is 768 g/mol. The number of amides is 4. The zero-order valence-electron chi connectivity index (χ0n) is 30.5. The zero-order valence-corrected chi connectivity index (χ0v) is 31.4. The largest absolute Gasteiger partial charge is 0.493 e. The summed E-state index contributed by atoms with van der Waals surface area (Å²) >= 11 is 1.39. The SMILES string of the molecule is COc1ccc(C[C@@H]2NC(=O)[C@@H](Cc3cccs3)NC(=O)CCC(=O)Nc3ccc(cc3)C[C@@H](C(=O)O)CC(=O)[C@@H](Cc3ccccc3)NC2=O)cc1OC. The second kappa shape index (κ2) is 19.3. The van der Waals surface area contributed by atoms with Crippen molar-refractivity contribution in [3.05, 3.63) is 112 Å². The van der Waals surface area contributed by atoms with Gasteiger partial charge in [-0.1, -0.05) is 54.6 Å². The topological polar surface area (TPSA) is 189 Å². The molecule has 0 unspecified atom stereocenters. The summed E-state index contributed by atoms with van der Waals surface area (Å²) in [6.45, 7) is 0. The van der Waals surface area contributed by atoms with Gasteiger partial charge in [0.15, 0.2) is 17.3 Å². The third-order valence-electron chi connectivity index (χ3n) is 9.24. The Kier molecular flexibility index (Phi) is 14.1. The molecule has 1 aromatic heterocycles. The average Bonchev–Trinajstić information content (AvgIpc) is 3.70. The maximum Gasteiger partial charge on any atom is 0.307 e. The predicted octanol–water partition coefficient (Wildman–Crippen LogP) is 3.88. The maximum absolute atomic E-state index is 14.3. The number of rotatable bonds is 9. The Morgan fingerprint density at radius 2 is 1.35 bits per heavy atom. The summed E-state index contributed by atoms with van der Waals surface area (Å²) in [5, 5.41) is 23.1. The molecule has 3 aromatic carbocycles. The van der Waals surface area contributed by atoms with Crippen LogP contribution in [0, 0.1) is 5.92 Å². The van der Waals surface area contributed by atoms with Gasteiger partial charge in [0.25, 0.3) is 0 Å². The van der Waals surface area contributed by atoms with E-state index in [2.05, 4.69) is 21.3 Å². The molecule has 5 N–H and O–H groups in total. The molecule has 6 rings (SSSR count). The fourth-order valence-electron chi connectivity index (χ4n) is 6.29. The highest BCUT2D eigenvalue weighted by molar-refractivity contribution is 7.09. The molecule has 55 heavy (non-hydrogen) atoms. The Morgan fingerprint density at radius 3 is 2.00 bits per heavy atom. The summed E-state index contributed by atoms with van der Waals surface area (Å²) in [4.78, 5) is 81.7. The number of anilines is 1. The third-order valence-corrected chi connectivity index (χ3v) is 10.1. The van der Waals surface area contributed by atoms with E-state index < -0.39 is 59.4 Å². The number of ether oxygens (including phenoxy) is 2. The number of carbonyl (C=O) groups is 6. The van der Waals surface area contributed by atoms with Crippen molar-refractivity contribution >= 4 is 52.4 Å². The Hall–Kier alpha value is -6.02. The van der Waals surface area contributed by atoms with Crippen LogP contribution in [0.15, 0.2) is 90.3 Å². The first-order valence-corrected chi connectivity index (χ1v) is 18.7. The molecule has 0 saturated carbocycles. The minimum Gasteiger partial charge on any atom is -0.493 e. The van der Waals surface area contributed by atoms with E-state index in [4.69, 9.17) is 9.47 Å². The minimum absolute atomic E-state index is 0.0189. The quantitative estimate of drug-likeness (QED) is 0.158. The fraction of sp³-hybridized carbons (Fsp3) is 0.317. The first-order valence-electron chi connectivity index (χ1n) is 17.8. The third kappa shape index (κ3) is 11.7. The number of hydrogen-bond donors (Lipinski definition) is 5. The summed E-state index contributed by atoms with van der Waals surface area (Å²) in [5.41, 5.74) is 2.40. The number of nitrogens with one attached hydrogen (secondary N) is 4. The lowest BCUT2D eigenvalue weighted by Gasteiger charge is -2.26. The van der Waals surface area contributed by atoms with E-state index >= 15 is 0 Å². The van der Waals surface area contributed by atoms with Crippen LogP contribution in [0.5, 0.6) is 11.5 Å². The van der Waals surface area contributed by atoms with Crippen LogP contribution in [0.25, 0.3) is 0 Å². The van der Waals surface area contributed by atoms with Crippen LogP contribution in [0.2, 0.25) is 0 Å². The van der Waals surface area contributed by atoms with E-state index in [0.29, 0.717) is 28.3 Å². The van der Waals surface area contributed by atoms with Crippen molar-refractivity contribution in [3.63, 3.8) is 0 Å². The van der Waals surface area contributed by atoms with Gasteiger partial charge in [-0.3, -0.25) is 28.8 Å². The molecule has 2 bridgehead atoms. The zero-order chi connectivity index (χ0) is 39.3. The molecule has 288 valence electrons. The van der Waals surface area contributed by atoms with Gasteiger partial charge >= 0.3 is 5.97 Å². The van der Waals surface area contributed by atoms with Crippen molar-refractivity contribution in [1.82, 2.24) is 16.0 Å². The molecule has 2 aliphatic heterocycles. The Labute approximate surface area is 322 Å². The molecule has 0 aliphatic carbocycles. The van der Waals surface area contributed by atoms with Crippen molar-refractivity contribution in [1.29, 1.82) is 0 Å². The predicted molar refractivity (Wildman–Crippen MR) is 206 cm³/mol. The van der Waals surface area contributed by atoms with Crippen LogP contribution in [-0.4, -0.2) is 72.8 Å². The first kappa shape index (κ1) is 40.2. The van der Waals surface area contributed by atoms with Crippen LogP contribution in [0.1, 0.15) is 40.8 Å². The van der Waals surface area contributed by atoms with Gasteiger partial charge in [-0.15, -0.1) is 11.3 Å². The van der Waals surface area contributed by atoms with Crippen LogP contribution in [0.4, 0.5) is 5.69 Å². The highest BCUT2D eigenvalue weighted by atomic mass is 32.1. The van der Waals surface area contributed by atoms with Gasteiger partial charge < -0.3 is 35.8 Å². The molecular weight excluding hydrogens is 725 g/mol. The standard InChI is InChI=1S/C41H44N4O9S/c1-53-35-15-12-27(22-36(35)54-2)21-32-39(49)44-31(20-25-7-4-3-5-8-25)34(46)23-28(41(51)52)19-26-10-13-29(14-11-26)42-37(47)16-17-38(48)43-33(40(50)45-32)24-30-9-6-18-55-30/h3-15,18,22,28,31-33H,16-17,19-21,23-24H2,1-2H3,(H,42,47)(H,43,48)(H,44,49)(H,45,50)(H,51,52)/t28-,31-,32+,33-/m1/s1. The van der Waals surface area contributed by atoms with Gasteiger partial charge in [-0.2, -0.15) is 0 Å². The lowest BCUT2D eigenvalue weighted by atomic mass is 9.90. The van der Waals surface area contributed by atoms with E-state index in [-0.39, 0.29) is 44.9 Å². The van der Waals surface area contributed by atoms with Crippen molar-refractivity contribution in [2.45, 2.75) is 63.1 Å². The maximum atomic E-state index is 14.3. The highest BCUT2D eigenvalue weighted by Gasteiger charge is 2.33. The molecule has 0 saturated heterocycles. The molecular formula is C41H44N4O9S. The molecule has 2 aliphatic rings. The molecule has 0 radical (unpaired) electrons. The van der Waals surface area contributed by atoms with Crippen molar-refractivity contribution in [2.24, 2.45) is 5.92 Å². The molecule has 13 nitrogen and oxygen atoms in total. The first-order chi connectivity index (χ1) is 26.5. The van der Waals surface area contributed by atoms with Crippen LogP contribution < -0.4 is 30.7 Å². The average molecular weight is 769 g/mol. The molecule has 14 heteroatoms. The normalized spacial score (nSPS) is 20.3. The number of carboxylic acid groups (broad SMARTS) is 1. The summed E-state index contributed by atoms with van der Waals surface area (Å²) in [7, 11) is 2.96. The molecule has 4 amide bonds. The number of benzene rings is 3. The molecule has 4 aromatic rings. The lowest BCUT2D eigenvalue weighted by molar-refractivity contribution is -0.144. The number of carbonyl (C=O) groups excluding carboxylic acids is 5. The van der Waals surface area contributed by atoms with Gasteiger partial charge in [0.1, 0.15) is 12.1 Å². The van der Waals surface area contributed by atoms with Crippen molar-refractivity contribution < 1.29 is 43.3 Å². The van der Waals surface area contributed by atoms with Crippen LogP contribution in [-0.2, 0) is 54.5 Å². The number of methoxy groups -OCH3 is 2. The van der Waals surface area contributed by atoms with Crippen molar-refractivity contribution in [2.75, 3.05) is 19.5 Å². The van der Waals surface area contributed by atoms with Crippen LogP contribution >= 0.6 is 11.3 Å². The minimum atomic E-state index is -1.26. The van der Waals surface area contributed by atoms with Gasteiger partial charge in [0.05, 0.1) is 26.2 Å². The van der Waals surface area contributed by atoms with E-state index in [9.17, 15) is 33.9 Å². The summed E-state index contributed by atoms with van der Waals surface area (Å²) in [6.07, 6.45) is -0.602. The molecule has 0 fully saturated rings. The lowest BCUT2D eigenvalue weighted by Crippen LogP contribution is -2.57. The number of ketones is 1. The second-order valence-corrected chi connectivity index (χ2v) is 14.3. The number of carboxylic acids is 1. The number of Topliss-reactive ketones (excluding diaryl/α,β-unsaturated/α-hetero) is 1. The fourth-order valence-corrected chi connectivity index (χ4v) is 7.04. The highest BCUT2D eigenvalue weighted by Crippen LogP contribution is 2.28. The van der Waals surface area contributed by atoms with Gasteiger partial charge in [-0.05, 0) is 65.2 Å². The smallest absolute Gasteiger partial charge is 0.307 e. The molecule has 3 heterocycles. The summed E-state index contributed by atoms with van der Waals surface area (Å²) in [5.74, 6) is -4.27. The Bertz CT molecular complexity index is 1970. The number of hydrogen-bond acceptors (Lipinski definition) is 9.